The van der Waals surface area contributed by atoms with E-state index in [1.807, 2.05) is 6.92 Å². The molecule has 0 aliphatic carbocycles. The van der Waals surface area contributed by atoms with Crippen LogP contribution in [0.3, 0.4) is 0 Å². The Labute approximate surface area is 100.0 Å². The Morgan fingerprint density at radius 1 is 1.53 bits per heavy atom. The van der Waals surface area contributed by atoms with E-state index in [1.54, 1.807) is 6.92 Å². The lowest BCUT2D eigenvalue weighted by Crippen LogP contribution is -2.47. The molecule has 6 heteroatoms. The van der Waals surface area contributed by atoms with E-state index >= 15 is 0 Å². The van der Waals surface area contributed by atoms with Crippen molar-refractivity contribution in [3.8, 4) is 0 Å². The zero-order chi connectivity index (χ0) is 13.2. The molecular weight excluding hydrogens is 224 g/mol. The largest absolute Gasteiger partial charge is 0.480 e. The van der Waals surface area contributed by atoms with Gasteiger partial charge in [0.1, 0.15) is 6.04 Å². The molecule has 1 saturated heterocycles. The number of carbonyl (C=O) groups excluding carboxylic acids is 2. The van der Waals surface area contributed by atoms with E-state index in [0.717, 1.165) is 0 Å². The summed E-state index contributed by atoms with van der Waals surface area (Å²) in [5.41, 5.74) is 0. The Bertz CT molecular complexity index is 342. The zero-order valence-corrected chi connectivity index (χ0v) is 10.3. The van der Waals surface area contributed by atoms with Gasteiger partial charge in [0.15, 0.2) is 0 Å². The first-order valence-corrected chi connectivity index (χ1v) is 5.73. The van der Waals surface area contributed by atoms with Gasteiger partial charge in [0.2, 0.25) is 11.8 Å². The van der Waals surface area contributed by atoms with Crippen LogP contribution in [-0.2, 0) is 14.4 Å². The Hall–Kier alpha value is -1.43. The average molecular weight is 242 g/mol. The highest BCUT2D eigenvalue weighted by atomic mass is 16.4. The van der Waals surface area contributed by atoms with Crippen molar-refractivity contribution in [1.82, 2.24) is 10.2 Å². The van der Waals surface area contributed by atoms with Crippen molar-refractivity contribution in [2.45, 2.75) is 51.7 Å². The lowest BCUT2D eigenvalue weighted by molar-refractivity contribution is -0.141. The number of carboxylic acid groups (broad SMARTS) is 1. The topological polar surface area (TPSA) is 86.7 Å². The van der Waals surface area contributed by atoms with Crippen LogP contribution in [0.2, 0.25) is 0 Å². The molecule has 0 bridgehead atoms. The van der Waals surface area contributed by atoms with Crippen molar-refractivity contribution in [3.63, 3.8) is 0 Å². The van der Waals surface area contributed by atoms with Crippen molar-refractivity contribution in [1.29, 1.82) is 0 Å². The van der Waals surface area contributed by atoms with Crippen LogP contribution in [0.1, 0.15) is 33.6 Å². The number of carbonyl (C=O) groups is 3. The van der Waals surface area contributed by atoms with Crippen LogP contribution in [0.25, 0.3) is 0 Å². The van der Waals surface area contributed by atoms with Crippen LogP contribution in [0.5, 0.6) is 0 Å². The van der Waals surface area contributed by atoms with Gasteiger partial charge in [0.25, 0.3) is 0 Å². The maximum atomic E-state index is 11.9. The number of nitrogens with zero attached hydrogens (tertiary/aromatic N) is 1. The van der Waals surface area contributed by atoms with Crippen LogP contribution in [0.4, 0.5) is 0 Å². The van der Waals surface area contributed by atoms with Gasteiger partial charge in [-0.3, -0.25) is 24.6 Å². The van der Waals surface area contributed by atoms with Crippen LogP contribution >= 0.6 is 0 Å². The fraction of sp³-hybridized carbons (Fsp3) is 0.727. The number of nitrogens with one attached hydrogen (secondary N) is 1. The molecule has 0 aromatic heterocycles. The number of amides is 2. The van der Waals surface area contributed by atoms with Crippen molar-refractivity contribution >= 4 is 17.8 Å². The van der Waals surface area contributed by atoms with E-state index in [9.17, 15) is 14.4 Å². The number of likely N-dealkylation sites (tertiary alicyclic amines) is 1. The van der Waals surface area contributed by atoms with Gasteiger partial charge in [0, 0.05) is 6.04 Å². The monoisotopic (exact) mass is 242 g/mol. The predicted molar refractivity (Wildman–Crippen MR) is 60.2 cm³/mol. The number of imide groups is 1. The fourth-order valence-corrected chi connectivity index (χ4v) is 1.80. The molecule has 3 atom stereocenters. The van der Waals surface area contributed by atoms with Gasteiger partial charge in [-0.25, -0.2) is 0 Å². The molecule has 1 fully saturated rings. The molecule has 0 radical (unpaired) electrons. The molecule has 96 valence electrons. The Kier molecular flexibility index (Phi) is 4.22. The summed E-state index contributed by atoms with van der Waals surface area (Å²) in [4.78, 5) is 35.5. The fourth-order valence-electron chi connectivity index (χ4n) is 1.80. The van der Waals surface area contributed by atoms with E-state index in [1.165, 1.54) is 11.8 Å². The van der Waals surface area contributed by atoms with Crippen LogP contribution < -0.4 is 5.32 Å². The quantitative estimate of drug-likeness (QED) is 0.661. The Morgan fingerprint density at radius 3 is 2.59 bits per heavy atom. The predicted octanol–water partition coefficient (Wildman–Crippen LogP) is -0.0249. The summed E-state index contributed by atoms with van der Waals surface area (Å²) in [5.74, 6) is -1.59. The SMILES string of the molecule is CCC(C)N1C(=O)CC(N[C@@H](C)C(=O)O)C1=O. The molecule has 1 aliphatic rings. The second-order valence-corrected chi connectivity index (χ2v) is 4.34. The normalized spacial score (nSPS) is 23.9. The van der Waals surface area contributed by atoms with Gasteiger partial charge in [0.05, 0.1) is 12.5 Å². The number of carboxylic acids is 1. The van der Waals surface area contributed by atoms with E-state index in [-0.39, 0.29) is 24.3 Å². The number of hydrogen-bond donors (Lipinski definition) is 2. The minimum Gasteiger partial charge on any atom is -0.480 e. The van der Waals surface area contributed by atoms with Gasteiger partial charge in [-0.2, -0.15) is 0 Å². The van der Waals surface area contributed by atoms with Crippen LogP contribution in [0.15, 0.2) is 0 Å². The Morgan fingerprint density at radius 2 is 2.12 bits per heavy atom. The van der Waals surface area contributed by atoms with Gasteiger partial charge in [-0.1, -0.05) is 6.92 Å². The second kappa shape index (κ2) is 5.27. The first kappa shape index (κ1) is 13.6. The first-order valence-electron chi connectivity index (χ1n) is 5.73. The van der Waals surface area contributed by atoms with Gasteiger partial charge >= 0.3 is 5.97 Å². The lowest BCUT2D eigenvalue weighted by Gasteiger charge is -2.22. The molecular formula is C11H18N2O4. The third-order valence-electron chi connectivity index (χ3n) is 3.04. The van der Waals surface area contributed by atoms with E-state index in [4.69, 9.17) is 5.11 Å². The molecule has 1 heterocycles. The summed E-state index contributed by atoms with van der Waals surface area (Å²) < 4.78 is 0. The minimum atomic E-state index is -1.03. The summed E-state index contributed by atoms with van der Waals surface area (Å²) in [6.07, 6.45) is 0.736. The van der Waals surface area contributed by atoms with Crippen molar-refractivity contribution in [2.75, 3.05) is 0 Å². The summed E-state index contributed by atoms with van der Waals surface area (Å²) in [7, 11) is 0. The standard InChI is InChI=1S/C11H18N2O4/c1-4-6(2)13-9(14)5-8(10(13)15)12-7(3)11(16)17/h6-8,12H,4-5H2,1-3H3,(H,16,17)/t6?,7-,8?/m0/s1. The minimum absolute atomic E-state index is 0.0425. The Balaban J connectivity index is 2.71. The van der Waals surface area contributed by atoms with Gasteiger partial charge in [-0.05, 0) is 20.3 Å². The molecule has 2 N–H and O–H groups in total. The molecule has 2 unspecified atom stereocenters. The maximum Gasteiger partial charge on any atom is 0.320 e. The second-order valence-electron chi connectivity index (χ2n) is 4.34. The molecule has 0 spiro atoms. The smallest absolute Gasteiger partial charge is 0.320 e. The van der Waals surface area contributed by atoms with Crippen LogP contribution in [-0.4, -0.2) is 45.9 Å². The number of aliphatic carboxylic acids is 1. The summed E-state index contributed by atoms with van der Waals surface area (Å²) in [6, 6.07) is -1.68. The van der Waals surface area contributed by atoms with Crippen molar-refractivity contribution < 1.29 is 19.5 Å². The first-order chi connectivity index (χ1) is 7.88. The molecule has 6 nitrogen and oxygen atoms in total. The van der Waals surface area contributed by atoms with Gasteiger partial charge in [-0.15, -0.1) is 0 Å². The third kappa shape index (κ3) is 2.82. The van der Waals surface area contributed by atoms with Crippen molar-refractivity contribution in [3.05, 3.63) is 0 Å². The zero-order valence-electron chi connectivity index (χ0n) is 10.3. The average Bonchev–Trinajstić information content (AvgIpc) is 2.53. The van der Waals surface area contributed by atoms with E-state index in [0.29, 0.717) is 6.42 Å². The van der Waals surface area contributed by atoms with Crippen LogP contribution in [0, 0.1) is 0 Å². The highest BCUT2D eigenvalue weighted by Gasteiger charge is 2.41. The third-order valence-corrected chi connectivity index (χ3v) is 3.04. The molecule has 0 aromatic rings. The molecule has 1 rings (SSSR count). The number of hydrogen-bond acceptors (Lipinski definition) is 4. The summed E-state index contributed by atoms with van der Waals surface area (Å²) in [6.45, 7) is 5.15. The van der Waals surface area contributed by atoms with E-state index in [2.05, 4.69) is 5.32 Å². The summed E-state index contributed by atoms with van der Waals surface area (Å²) in [5, 5.41) is 11.4. The molecule has 17 heavy (non-hydrogen) atoms. The molecule has 2 amide bonds. The molecule has 1 aliphatic heterocycles. The van der Waals surface area contributed by atoms with Crippen molar-refractivity contribution in [2.24, 2.45) is 0 Å². The highest BCUT2D eigenvalue weighted by Crippen LogP contribution is 2.18. The van der Waals surface area contributed by atoms with E-state index < -0.39 is 18.1 Å². The molecule has 0 aromatic carbocycles. The summed E-state index contributed by atoms with van der Waals surface area (Å²) >= 11 is 0. The maximum absolute atomic E-state index is 11.9. The highest BCUT2D eigenvalue weighted by molar-refractivity contribution is 6.06. The van der Waals surface area contributed by atoms with Gasteiger partial charge < -0.3 is 5.11 Å². The lowest BCUT2D eigenvalue weighted by atomic mass is 10.2. The molecule has 0 saturated carbocycles. The number of rotatable bonds is 5.